The second kappa shape index (κ2) is 6.18. The van der Waals surface area contributed by atoms with Crippen molar-refractivity contribution in [2.24, 2.45) is 0 Å². The number of aromatic nitrogens is 2. The monoisotopic (exact) mass is 257 g/mol. The smallest absolute Gasteiger partial charge is 0.250 e. The van der Waals surface area contributed by atoms with Crippen LogP contribution in [0.15, 0.2) is 0 Å². The highest BCUT2D eigenvalue weighted by Gasteiger charge is 2.16. The molecular weight excluding hydrogens is 236 g/mol. The van der Waals surface area contributed by atoms with Crippen LogP contribution in [0.2, 0.25) is 0 Å². The fourth-order valence-corrected chi connectivity index (χ4v) is 2.14. The van der Waals surface area contributed by atoms with Gasteiger partial charge >= 0.3 is 0 Å². The van der Waals surface area contributed by atoms with Gasteiger partial charge in [0.1, 0.15) is 5.82 Å². The lowest BCUT2D eigenvalue weighted by Crippen LogP contribution is -2.26. The van der Waals surface area contributed by atoms with E-state index in [4.69, 9.17) is 0 Å². The molecule has 0 saturated carbocycles. The zero-order valence-electron chi connectivity index (χ0n) is 11.6. The maximum absolute atomic E-state index is 12.1. The van der Waals surface area contributed by atoms with Gasteiger partial charge in [0.05, 0.1) is 12.6 Å². The average molecular weight is 257 g/mol. The predicted molar refractivity (Wildman–Crippen MR) is 68.0 cm³/mol. The summed E-state index contributed by atoms with van der Waals surface area (Å²) < 4.78 is 24.3. The molecule has 0 aromatic carbocycles. The van der Waals surface area contributed by atoms with Gasteiger partial charge in [-0.1, -0.05) is 13.8 Å². The van der Waals surface area contributed by atoms with Crippen LogP contribution in [-0.2, 0) is 0 Å². The molecule has 1 unspecified atom stereocenters. The van der Waals surface area contributed by atoms with Crippen LogP contribution in [0.4, 0.5) is 8.78 Å². The van der Waals surface area contributed by atoms with Crippen molar-refractivity contribution in [1.82, 2.24) is 15.3 Å². The van der Waals surface area contributed by atoms with E-state index in [1.54, 1.807) is 6.92 Å². The molecule has 1 N–H and O–H groups in total. The fourth-order valence-electron chi connectivity index (χ4n) is 2.14. The number of aryl methyl sites for hydroxylation is 2. The summed E-state index contributed by atoms with van der Waals surface area (Å²) in [5.74, 6) is 0.943. The molecule has 0 aliphatic carbocycles. The molecule has 1 atom stereocenters. The van der Waals surface area contributed by atoms with Crippen molar-refractivity contribution in [2.45, 2.75) is 53.0 Å². The number of nitrogens with zero attached hydrogens (tertiary/aromatic N) is 2. The SMILES string of the molecule is Cc1nc(C(C)NCC(F)F)nc(C)c1C(C)C. The van der Waals surface area contributed by atoms with E-state index in [9.17, 15) is 8.78 Å². The zero-order chi connectivity index (χ0) is 13.9. The molecule has 0 radical (unpaired) electrons. The third kappa shape index (κ3) is 3.70. The van der Waals surface area contributed by atoms with Crippen molar-refractivity contribution < 1.29 is 8.78 Å². The van der Waals surface area contributed by atoms with Crippen molar-refractivity contribution in [3.63, 3.8) is 0 Å². The highest BCUT2D eigenvalue weighted by molar-refractivity contribution is 5.27. The molecule has 18 heavy (non-hydrogen) atoms. The van der Waals surface area contributed by atoms with E-state index in [1.165, 1.54) is 0 Å². The molecule has 102 valence electrons. The fraction of sp³-hybridized carbons (Fsp3) is 0.692. The van der Waals surface area contributed by atoms with Crippen LogP contribution in [0.25, 0.3) is 0 Å². The molecule has 3 nitrogen and oxygen atoms in total. The first-order valence-corrected chi connectivity index (χ1v) is 6.19. The second-order valence-electron chi connectivity index (χ2n) is 4.84. The van der Waals surface area contributed by atoms with Crippen LogP contribution in [0, 0.1) is 13.8 Å². The number of hydrogen-bond acceptors (Lipinski definition) is 3. The minimum Gasteiger partial charge on any atom is -0.302 e. The van der Waals surface area contributed by atoms with Gasteiger partial charge in [-0.15, -0.1) is 0 Å². The number of halogens is 2. The first kappa shape index (κ1) is 15.0. The van der Waals surface area contributed by atoms with E-state index in [-0.39, 0.29) is 12.6 Å². The Balaban J connectivity index is 2.92. The van der Waals surface area contributed by atoms with Gasteiger partial charge in [0, 0.05) is 11.4 Å². The topological polar surface area (TPSA) is 37.8 Å². The number of nitrogens with one attached hydrogen (secondary N) is 1. The minimum absolute atomic E-state index is 0.266. The molecule has 1 aromatic heterocycles. The van der Waals surface area contributed by atoms with E-state index in [2.05, 4.69) is 29.1 Å². The van der Waals surface area contributed by atoms with Gasteiger partial charge in [-0.05, 0) is 32.3 Å². The van der Waals surface area contributed by atoms with E-state index in [1.807, 2.05) is 13.8 Å². The van der Waals surface area contributed by atoms with Crippen LogP contribution in [0.5, 0.6) is 0 Å². The van der Waals surface area contributed by atoms with Crippen LogP contribution in [-0.4, -0.2) is 22.9 Å². The van der Waals surface area contributed by atoms with Crippen molar-refractivity contribution in [2.75, 3.05) is 6.54 Å². The van der Waals surface area contributed by atoms with Crippen LogP contribution >= 0.6 is 0 Å². The molecule has 0 fully saturated rings. The highest BCUT2D eigenvalue weighted by Crippen LogP contribution is 2.22. The van der Waals surface area contributed by atoms with Gasteiger partial charge < -0.3 is 5.32 Å². The van der Waals surface area contributed by atoms with Crippen molar-refractivity contribution in [3.05, 3.63) is 22.8 Å². The molecule has 5 heteroatoms. The molecule has 0 aliphatic heterocycles. The normalized spacial score (nSPS) is 13.4. The summed E-state index contributed by atoms with van der Waals surface area (Å²) in [6.45, 7) is 9.52. The van der Waals surface area contributed by atoms with Crippen LogP contribution in [0.3, 0.4) is 0 Å². The third-order valence-electron chi connectivity index (χ3n) is 2.89. The number of hydrogen-bond donors (Lipinski definition) is 1. The molecule has 0 amide bonds. The molecule has 1 heterocycles. The number of rotatable bonds is 5. The molecule has 1 rings (SSSR count). The number of alkyl halides is 2. The zero-order valence-corrected chi connectivity index (χ0v) is 11.6. The van der Waals surface area contributed by atoms with Crippen LogP contribution < -0.4 is 5.32 Å². The first-order chi connectivity index (χ1) is 8.32. The Morgan fingerprint density at radius 3 is 1.94 bits per heavy atom. The average Bonchev–Trinajstić information content (AvgIpc) is 2.24. The highest BCUT2D eigenvalue weighted by atomic mass is 19.3. The first-order valence-electron chi connectivity index (χ1n) is 6.19. The largest absolute Gasteiger partial charge is 0.302 e. The van der Waals surface area contributed by atoms with E-state index in [0.29, 0.717) is 11.7 Å². The summed E-state index contributed by atoms with van der Waals surface area (Å²) in [5.41, 5.74) is 3.00. The van der Waals surface area contributed by atoms with Crippen molar-refractivity contribution >= 4 is 0 Å². The van der Waals surface area contributed by atoms with E-state index >= 15 is 0 Å². The van der Waals surface area contributed by atoms with E-state index < -0.39 is 6.43 Å². The Hall–Kier alpha value is -1.10. The summed E-state index contributed by atoms with van der Waals surface area (Å²) in [5, 5.41) is 2.73. The Bertz CT molecular complexity index is 382. The van der Waals surface area contributed by atoms with E-state index in [0.717, 1.165) is 17.0 Å². The minimum atomic E-state index is -2.36. The molecule has 1 aromatic rings. The third-order valence-corrected chi connectivity index (χ3v) is 2.89. The second-order valence-corrected chi connectivity index (χ2v) is 4.84. The Morgan fingerprint density at radius 2 is 1.56 bits per heavy atom. The molecule has 0 saturated heterocycles. The molecule has 0 spiro atoms. The summed E-state index contributed by atoms with van der Waals surface area (Å²) in [4.78, 5) is 8.83. The summed E-state index contributed by atoms with van der Waals surface area (Å²) >= 11 is 0. The Kier molecular flexibility index (Phi) is 5.14. The maximum atomic E-state index is 12.1. The molecule has 0 bridgehead atoms. The lowest BCUT2D eigenvalue weighted by molar-refractivity contribution is 0.141. The van der Waals surface area contributed by atoms with Crippen molar-refractivity contribution in [1.29, 1.82) is 0 Å². The maximum Gasteiger partial charge on any atom is 0.250 e. The van der Waals surface area contributed by atoms with Crippen LogP contribution in [0.1, 0.15) is 55.5 Å². The van der Waals surface area contributed by atoms with Gasteiger partial charge in [0.25, 0.3) is 6.43 Å². The van der Waals surface area contributed by atoms with Gasteiger partial charge in [-0.3, -0.25) is 0 Å². The van der Waals surface area contributed by atoms with Gasteiger partial charge in [0.15, 0.2) is 0 Å². The van der Waals surface area contributed by atoms with Gasteiger partial charge in [-0.2, -0.15) is 0 Å². The Morgan fingerprint density at radius 1 is 1.06 bits per heavy atom. The molecular formula is C13H21F2N3. The lowest BCUT2D eigenvalue weighted by Gasteiger charge is -2.17. The summed E-state index contributed by atoms with van der Waals surface area (Å²) in [6.07, 6.45) is -2.36. The molecule has 0 aliphatic rings. The lowest BCUT2D eigenvalue weighted by atomic mass is 10.00. The van der Waals surface area contributed by atoms with Gasteiger partial charge in [-0.25, -0.2) is 18.7 Å². The standard InChI is InChI=1S/C13H21F2N3/c1-7(2)12-8(3)17-13(18-9(12)4)10(5)16-6-11(14)15/h7,10-11,16H,6H2,1-5H3. The van der Waals surface area contributed by atoms with Gasteiger partial charge in [0.2, 0.25) is 0 Å². The van der Waals surface area contributed by atoms with Crippen molar-refractivity contribution in [3.8, 4) is 0 Å². The quantitative estimate of drug-likeness (QED) is 0.880. The Labute approximate surface area is 107 Å². The predicted octanol–water partition coefficient (Wildman–Crippen LogP) is 3.13. The summed E-state index contributed by atoms with van der Waals surface area (Å²) in [7, 11) is 0. The summed E-state index contributed by atoms with van der Waals surface area (Å²) in [6, 6.07) is -0.266.